The van der Waals surface area contributed by atoms with Crippen LogP contribution in [0.4, 0.5) is 5.82 Å². The Morgan fingerprint density at radius 1 is 1.38 bits per heavy atom. The van der Waals surface area contributed by atoms with E-state index in [1.807, 2.05) is 6.92 Å². The summed E-state index contributed by atoms with van der Waals surface area (Å²) >= 11 is 1.30. The van der Waals surface area contributed by atoms with E-state index in [-0.39, 0.29) is 34.7 Å². The fourth-order valence-corrected chi connectivity index (χ4v) is 4.03. The van der Waals surface area contributed by atoms with Gasteiger partial charge in [-0.2, -0.15) is 13.4 Å². The molecule has 0 bridgehead atoms. The Morgan fingerprint density at radius 2 is 2.12 bits per heavy atom. The molecule has 2 atom stereocenters. The second kappa shape index (κ2) is 7.76. The quantitative estimate of drug-likeness (QED) is 0.682. The number of aryl methyl sites for hydroxylation is 1. The Bertz CT molecular complexity index is 929. The lowest BCUT2D eigenvalue weighted by Gasteiger charge is -2.12. The molecule has 26 heavy (non-hydrogen) atoms. The Labute approximate surface area is 154 Å². The first-order chi connectivity index (χ1) is 12.4. The van der Waals surface area contributed by atoms with Gasteiger partial charge in [0.15, 0.2) is 5.82 Å². The van der Waals surface area contributed by atoms with Crippen LogP contribution in [0.1, 0.15) is 10.9 Å². The number of hydrogen-bond donors (Lipinski definition) is 2. The molecule has 0 saturated carbocycles. The predicted octanol–water partition coefficient (Wildman–Crippen LogP) is 0.865. The minimum Gasteiger partial charge on any atom is -0.393 e. The third-order valence-electron chi connectivity index (χ3n) is 3.59. The normalized spacial score (nSPS) is 20.2. The zero-order valence-electron chi connectivity index (χ0n) is 13.7. The molecule has 1 saturated heterocycles. The molecule has 0 spiro atoms. The minimum absolute atomic E-state index is 0.0153. The predicted molar refractivity (Wildman–Crippen MR) is 95.0 cm³/mol. The molecule has 140 valence electrons. The number of ether oxygens (including phenoxy) is 1. The van der Waals surface area contributed by atoms with Crippen molar-refractivity contribution in [2.75, 3.05) is 18.7 Å². The van der Waals surface area contributed by atoms with Gasteiger partial charge in [0.1, 0.15) is 10.8 Å². The summed E-state index contributed by atoms with van der Waals surface area (Å²) in [5.41, 5.74) is 2.13. The first-order valence-electron chi connectivity index (χ1n) is 7.62. The number of aliphatic hydroxyl groups excluding tert-OH is 1. The zero-order valence-corrected chi connectivity index (χ0v) is 15.4. The first-order valence-corrected chi connectivity index (χ1v) is 9.97. The highest BCUT2D eigenvalue weighted by molar-refractivity contribution is 8.00. The summed E-state index contributed by atoms with van der Waals surface area (Å²) in [7, 11) is -4.04. The van der Waals surface area contributed by atoms with E-state index in [1.165, 1.54) is 40.7 Å². The van der Waals surface area contributed by atoms with Crippen LogP contribution < -0.4 is 11.2 Å². The molecule has 3 rings (SSSR count). The van der Waals surface area contributed by atoms with Crippen molar-refractivity contribution in [1.29, 1.82) is 0 Å². The van der Waals surface area contributed by atoms with Gasteiger partial charge in [0.2, 0.25) is 0 Å². The molecular formula is C15H17N3O6S2. The van der Waals surface area contributed by atoms with E-state index in [1.54, 1.807) is 12.1 Å². The molecule has 1 aliphatic heterocycles. The van der Waals surface area contributed by atoms with Gasteiger partial charge in [0, 0.05) is 6.20 Å². The van der Waals surface area contributed by atoms with Gasteiger partial charge in [-0.15, -0.1) is 16.0 Å². The second-order valence-corrected chi connectivity index (χ2v) is 8.38. The molecule has 2 heterocycles. The van der Waals surface area contributed by atoms with Crippen molar-refractivity contribution < 1.29 is 22.5 Å². The van der Waals surface area contributed by atoms with Crippen LogP contribution in [0.15, 0.2) is 46.2 Å². The van der Waals surface area contributed by atoms with Crippen LogP contribution in [-0.2, 0) is 19.1 Å². The van der Waals surface area contributed by atoms with E-state index in [9.17, 15) is 13.2 Å². The van der Waals surface area contributed by atoms with Crippen LogP contribution in [0, 0.1) is 6.92 Å². The molecule has 1 aliphatic rings. The fraction of sp³-hybridized carbons (Fsp3) is 0.333. The van der Waals surface area contributed by atoms with Gasteiger partial charge in [-0.3, -0.25) is 4.57 Å². The summed E-state index contributed by atoms with van der Waals surface area (Å²) in [6.07, 6.45) is 1.46. The van der Waals surface area contributed by atoms with Crippen molar-refractivity contribution in [3.8, 4) is 0 Å². The van der Waals surface area contributed by atoms with Gasteiger partial charge in [0.05, 0.1) is 18.1 Å². The summed E-state index contributed by atoms with van der Waals surface area (Å²) in [6.45, 7) is 1.96. The van der Waals surface area contributed by atoms with Crippen molar-refractivity contribution >= 4 is 27.7 Å². The molecule has 1 aromatic carbocycles. The average Bonchev–Trinajstić information content (AvgIpc) is 3.09. The maximum Gasteiger partial charge on any atom is 0.350 e. The summed E-state index contributed by atoms with van der Waals surface area (Å²) in [4.78, 5) is 15.9. The summed E-state index contributed by atoms with van der Waals surface area (Å²) in [5.74, 6) is -0.0374. The summed E-state index contributed by atoms with van der Waals surface area (Å²) < 4.78 is 35.6. The third kappa shape index (κ3) is 4.24. The van der Waals surface area contributed by atoms with E-state index in [0.717, 1.165) is 5.56 Å². The number of hydrogen-bond acceptors (Lipinski definition) is 9. The number of benzene rings is 1. The molecule has 0 aliphatic carbocycles. The first kappa shape index (κ1) is 18.9. The van der Waals surface area contributed by atoms with Gasteiger partial charge >= 0.3 is 15.8 Å². The maximum absolute atomic E-state index is 12.1. The largest absolute Gasteiger partial charge is 0.393 e. The number of aliphatic hydroxyl groups is 1. The highest BCUT2D eigenvalue weighted by Crippen LogP contribution is 2.34. The standard InChI is InChI=1S/C15H17N3O6S2/c1-10-2-4-11(5-3-10)26(21,22)24-17-12-6-7-18(15(20)16-12)13-9-23-14(8-19)25-13/h2-7,13-14,19H,8-9H2,1H3,(H,16,17,20). The van der Waals surface area contributed by atoms with Crippen molar-refractivity contribution in [1.82, 2.24) is 9.55 Å². The molecule has 9 nitrogen and oxygen atoms in total. The highest BCUT2D eigenvalue weighted by atomic mass is 32.2. The van der Waals surface area contributed by atoms with E-state index in [0.29, 0.717) is 0 Å². The number of rotatable bonds is 6. The number of aromatic nitrogens is 2. The minimum atomic E-state index is -4.04. The van der Waals surface area contributed by atoms with E-state index in [2.05, 4.69) is 10.5 Å². The van der Waals surface area contributed by atoms with Crippen LogP contribution in [0.2, 0.25) is 0 Å². The molecule has 2 N–H and O–H groups in total. The van der Waals surface area contributed by atoms with Gasteiger partial charge in [-0.1, -0.05) is 17.7 Å². The third-order valence-corrected chi connectivity index (χ3v) is 6.01. The van der Waals surface area contributed by atoms with Gasteiger partial charge in [0.25, 0.3) is 0 Å². The molecule has 0 amide bonds. The lowest BCUT2D eigenvalue weighted by atomic mass is 10.2. The highest BCUT2D eigenvalue weighted by Gasteiger charge is 2.27. The second-order valence-electron chi connectivity index (χ2n) is 5.49. The monoisotopic (exact) mass is 399 g/mol. The van der Waals surface area contributed by atoms with Crippen molar-refractivity contribution in [2.24, 2.45) is 0 Å². The molecule has 2 aromatic rings. The Kier molecular flexibility index (Phi) is 5.63. The SMILES string of the molecule is Cc1ccc(S(=O)(=O)ONc2ccn(C3COC(CO)S3)c(=O)n2)cc1. The lowest BCUT2D eigenvalue weighted by Crippen LogP contribution is -2.26. The number of nitrogens with zero attached hydrogens (tertiary/aromatic N) is 2. The van der Waals surface area contributed by atoms with Gasteiger partial charge in [-0.05, 0) is 25.1 Å². The van der Waals surface area contributed by atoms with Crippen molar-refractivity contribution in [2.45, 2.75) is 22.6 Å². The Morgan fingerprint density at radius 3 is 2.73 bits per heavy atom. The van der Waals surface area contributed by atoms with Crippen LogP contribution >= 0.6 is 11.8 Å². The van der Waals surface area contributed by atoms with E-state index < -0.39 is 15.8 Å². The molecule has 1 fully saturated rings. The Balaban J connectivity index is 1.68. The number of nitrogens with one attached hydrogen (secondary N) is 1. The smallest absolute Gasteiger partial charge is 0.350 e. The zero-order chi connectivity index (χ0) is 18.7. The van der Waals surface area contributed by atoms with E-state index in [4.69, 9.17) is 14.1 Å². The Hall–Kier alpha value is -1.92. The van der Waals surface area contributed by atoms with Crippen LogP contribution in [0.5, 0.6) is 0 Å². The van der Waals surface area contributed by atoms with Gasteiger partial charge in [-0.25, -0.2) is 10.3 Å². The topological polar surface area (TPSA) is 120 Å². The maximum atomic E-state index is 12.1. The van der Waals surface area contributed by atoms with Crippen molar-refractivity contribution in [3.05, 3.63) is 52.6 Å². The number of anilines is 1. The summed E-state index contributed by atoms with van der Waals surface area (Å²) in [5, 5.41) is 8.76. The molecule has 1 aromatic heterocycles. The van der Waals surface area contributed by atoms with E-state index >= 15 is 0 Å². The summed E-state index contributed by atoms with van der Waals surface area (Å²) in [6, 6.07) is 7.56. The number of thioether (sulfide) groups is 1. The molecular weight excluding hydrogens is 382 g/mol. The average molecular weight is 399 g/mol. The van der Waals surface area contributed by atoms with Crippen molar-refractivity contribution in [3.63, 3.8) is 0 Å². The lowest BCUT2D eigenvalue weighted by molar-refractivity contribution is 0.0803. The van der Waals surface area contributed by atoms with Crippen LogP contribution in [-0.4, -0.2) is 41.7 Å². The molecule has 0 radical (unpaired) electrons. The molecule has 11 heteroatoms. The fourth-order valence-electron chi connectivity index (χ4n) is 2.22. The van der Waals surface area contributed by atoms with Crippen LogP contribution in [0.3, 0.4) is 0 Å². The van der Waals surface area contributed by atoms with Gasteiger partial charge < -0.3 is 9.84 Å². The molecule has 2 unspecified atom stereocenters. The van der Waals surface area contributed by atoms with Crippen LogP contribution in [0.25, 0.3) is 0 Å².